The van der Waals surface area contributed by atoms with Gasteiger partial charge >= 0.3 is 12.1 Å². The fourth-order valence-corrected chi connectivity index (χ4v) is 3.60. The van der Waals surface area contributed by atoms with Crippen molar-refractivity contribution in [2.45, 2.75) is 44.2 Å². The molecule has 0 unspecified atom stereocenters. The number of rotatable bonds is 2. The zero-order chi connectivity index (χ0) is 21.5. The molecular weight excluding hydrogens is 384 g/mol. The van der Waals surface area contributed by atoms with Crippen molar-refractivity contribution in [2.75, 3.05) is 24.9 Å². The lowest BCUT2D eigenvalue weighted by atomic mass is 9.98. The van der Waals surface area contributed by atoms with Gasteiger partial charge in [-0.05, 0) is 36.6 Å². The van der Waals surface area contributed by atoms with E-state index in [1.54, 1.807) is 24.5 Å². The minimum absolute atomic E-state index is 0.0914. The second kappa shape index (κ2) is 10.1. The molecule has 8 heteroatoms. The highest BCUT2D eigenvalue weighted by atomic mass is 16.5. The van der Waals surface area contributed by atoms with Gasteiger partial charge < -0.3 is 20.5 Å². The van der Waals surface area contributed by atoms with E-state index in [1.807, 2.05) is 12.1 Å². The molecule has 2 heterocycles. The quantitative estimate of drug-likeness (QED) is 0.642. The zero-order valence-corrected chi connectivity index (χ0v) is 17.3. The fraction of sp³-hybridized carbons (Fsp3) is 0.409. The average Bonchev–Trinajstić information content (AvgIpc) is 2.77. The number of carbonyl (C=O) groups excluding carboxylic acids is 2. The third kappa shape index (κ3) is 5.27. The molecular formula is C22H28N4O4. The number of hydrogen-bond acceptors (Lipinski definition) is 7. The minimum atomic E-state index is -0.571. The first kappa shape index (κ1) is 21.6. The van der Waals surface area contributed by atoms with E-state index in [4.69, 9.17) is 10.5 Å². The molecule has 2 aromatic rings. The molecule has 1 aliphatic rings. The van der Waals surface area contributed by atoms with Crippen molar-refractivity contribution in [3.05, 3.63) is 42.2 Å². The molecule has 2 atom stereocenters. The summed E-state index contributed by atoms with van der Waals surface area (Å²) in [4.78, 5) is 28.4. The SMILES string of the molecule is COC(=O)Nc1ccc2c(c1)N[C@@H](C(=O)OC)CCCCC[C@H](N)c1cncc-2c1. The van der Waals surface area contributed by atoms with Gasteiger partial charge in [-0.3, -0.25) is 10.3 Å². The maximum atomic E-state index is 12.4. The number of nitrogens with zero attached hydrogens (tertiary/aromatic N) is 1. The number of aromatic nitrogens is 1. The Morgan fingerprint density at radius 1 is 1.10 bits per heavy atom. The second-order valence-electron chi connectivity index (χ2n) is 7.35. The van der Waals surface area contributed by atoms with Crippen molar-refractivity contribution in [1.82, 2.24) is 4.98 Å². The average molecular weight is 412 g/mol. The Morgan fingerprint density at radius 2 is 1.90 bits per heavy atom. The number of benzene rings is 1. The van der Waals surface area contributed by atoms with Crippen LogP contribution >= 0.6 is 0 Å². The first-order valence-electron chi connectivity index (χ1n) is 10.1. The number of nitrogens with two attached hydrogens (primary N) is 1. The molecule has 0 spiro atoms. The third-order valence-electron chi connectivity index (χ3n) is 5.27. The van der Waals surface area contributed by atoms with E-state index in [9.17, 15) is 9.59 Å². The summed E-state index contributed by atoms with van der Waals surface area (Å²) in [6.07, 6.45) is 7.28. The molecule has 2 bridgehead atoms. The van der Waals surface area contributed by atoms with Crippen LogP contribution < -0.4 is 16.4 Å². The van der Waals surface area contributed by atoms with Crippen molar-refractivity contribution in [2.24, 2.45) is 5.73 Å². The van der Waals surface area contributed by atoms with E-state index in [-0.39, 0.29) is 12.0 Å². The number of fused-ring (bicyclic) bond motifs is 4. The summed E-state index contributed by atoms with van der Waals surface area (Å²) in [5.74, 6) is -0.328. The van der Waals surface area contributed by atoms with Crippen LogP contribution in [-0.2, 0) is 14.3 Å². The van der Waals surface area contributed by atoms with Gasteiger partial charge in [-0.2, -0.15) is 0 Å². The van der Waals surface area contributed by atoms with Gasteiger partial charge in [-0.1, -0.05) is 25.3 Å². The van der Waals surface area contributed by atoms with Crippen molar-refractivity contribution < 1.29 is 19.1 Å². The number of esters is 1. The van der Waals surface area contributed by atoms with Gasteiger partial charge in [0.25, 0.3) is 0 Å². The molecule has 1 amide bonds. The summed E-state index contributed by atoms with van der Waals surface area (Å²) in [5, 5.41) is 5.97. The number of anilines is 2. The standard InChI is InChI=1S/C22H28N4O4/c1-29-21(27)19-7-5-3-4-6-18(23)15-10-14(12-24-13-15)17-9-8-16(11-20(17)26-19)25-22(28)30-2/h8-13,18-19,26H,3-7,23H2,1-2H3,(H,25,28)/t18-,19+/m0/s1. The van der Waals surface area contributed by atoms with Crippen LogP contribution in [0.3, 0.4) is 0 Å². The molecule has 1 aromatic heterocycles. The molecule has 160 valence electrons. The van der Waals surface area contributed by atoms with Crippen molar-refractivity contribution in [3.8, 4) is 11.1 Å². The number of ether oxygens (including phenoxy) is 2. The van der Waals surface area contributed by atoms with Crippen LogP contribution in [0.15, 0.2) is 36.7 Å². The summed E-state index contributed by atoms with van der Waals surface area (Å²) in [7, 11) is 2.69. The van der Waals surface area contributed by atoms with Gasteiger partial charge in [0.05, 0.1) is 14.2 Å². The highest BCUT2D eigenvalue weighted by Crippen LogP contribution is 2.33. The van der Waals surface area contributed by atoms with Gasteiger partial charge in [0.1, 0.15) is 6.04 Å². The van der Waals surface area contributed by atoms with E-state index in [1.165, 1.54) is 14.2 Å². The van der Waals surface area contributed by atoms with Crippen molar-refractivity contribution in [3.63, 3.8) is 0 Å². The number of nitrogens with one attached hydrogen (secondary N) is 2. The lowest BCUT2D eigenvalue weighted by molar-refractivity contribution is -0.141. The summed E-state index contributed by atoms with van der Waals surface area (Å²) >= 11 is 0. The molecule has 0 aliphatic carbocycles. The molecule has 0 fully saturated rings. The number of amides is 1. The molecule has 1 aromatic carbocycles. The van der Waals surface area contributed by atoms with E-state index in [2.05, 4.69) is 20.4 Å². The highest BCUT2D eigenvalue weighted by molar-refractivity contribution is 5.90. The molecule has 0 saturated heterocycles. The predicted molar refractivity (Wildman–Crippen MR) is 115 cm³/mol. The van der Waals surface area contributed by atoms with E-state index in [0.29, 0.717) is 17.8 Å². The van der Waals surface area contributed by atoms with Crippen LogP contribution in [0.25, 0.3) is 11.1 Å². The monoisotopic (exact) mass is 412 g/mol. The van der Waals surface area contributed by atoms with Crippen molar-refractivity contribution in [1.29, 1.82) is 0 Å². The molecule has 30 heavy (non-hydrogen) atoms. The first-order chi connectivity index (χ1) is 14.5. The smallest absolute Gasteiger partial charge is 0.411 e. The van der Waals surface area contributed by atoms with E-state index in [0.717, 1.165) is 42.4 Å². The highest BCUT2D eigenvalue weighted by Gasteiger charge is 2.22. The largest absolute Gasteiger partial charge is 0.467 e. The Labute approximate surface area is 176 Å². The summed E-state index contributed by atoms with van der Waals surface area (Å²) in [5.41, 5.74) is 10.3. The Kier molecular flexibility index (Phi) is 7.24. The number of hydrogen-bond donors (Lipinski definition) is 3. The van der Waals surface area contributed by atoms with Gasteiger partial charge in [0.2, 0.25) is 0 Å². The Hall–Kier alpha value is -3.13. The molecule has 4 N–H and O–H groups in total. The Morgan fingerprint density at radius 3 is 2.67 bits per heavy atom. The normalized spacial score (nSPS) is 19.0. The molecule has 1 aliphatic heterocycles. The zero-order valence-electron chi connectivity index (χ0n) is 17.3. The maximum absolute atomic E-state index is 12.4. The minimum Gasteiger partial charge on any atom is -0.467 e. The predicted octanol–water partition coefficient (Wildman–Crippen LogP) is 3.84. The summed E-state index contributed by atoms with van der Waals surface area (Å²) < 4.78 is 9.68. The van der Waals surface area contributed by atoms with Gasteiger partial charge in [0.15, 0.2) is 0 Å². The lowest BCUT2D eigenvalue weighted by Gasteiger charge is -2.21. The molecule has 0 saturated carbocycles. The van der Waals surface area contributed by atoms with Crippen LogP contribution in [0.2, 0.25) is 0 Å². The number of pyridine rings is 1. The van der Waals surface area contributed by atoms with Crippen LogP contribution in [0.1, 0.15) is 43.7 Å². The van der Waals surface area contributed by atoms with Crippen LogP contribution in [0.4, 0.5) is 16.2 Å². The second-order valence-corrected chi connectivity index (χ2v) is 7.35. The maximum Gasteiger partial charge on any atom is 0.411 e. The van der Waals surface area contributed by atoms with Gasteiger partial charge in [0, 0.05) is 40.9 Å². The summed E-state index contributed by atoms with van der Waals surface area (Å²) in [6, 6.07) is 6.84. The van der Waals surface area contributed by atoms with Gasteiger partial charge in [-0.25, -0.2) is 9.59 Å². The Balaban J connectivity index is 2.06. The fourth-order valence-electron chi connectivity index (χ4n) is 3.60. The van der Waals surface area contributed by atoms with E-state index >= 15 is 0 Å². The summed E-state index contributed by atoms with van der Waals surface area (Å²) in [6.45, 7) is 0. The number of carbonyl (C=O) groups is 2. The van der Waals surface area contributed by atoms with Crippen molar-refractivity contribution >= 4 is 23.4 Å². The molecule has 0 radical (unpaired) electrons. The van der Waals surface area contributed by atoms with Crippen LogP contribution in [-0.4, -0.2) is 37.3 Å². The first-order valence-corrected chi connectivity index (χ1v) is 10.1. The number of methoxy groups -OCH3 is 2. The lowest BCUT2D eigenvalue weighted by Crippen LogP contribution is -2.31. The van der Waals surface area contributed by atoms with E-state index < -0.39 is 12.1 Å². The van der Waals surface area contributed by atoms with Crippen LogP contribution in [0.5, 0.6) is 0 Å². The third-order valence-corrected chi connectivity index (χ3v) is 5.27. The molecule has 3 rings (SSSR count). The molecule has 8 nitrogen and oxygen atoms in total. The topological polar surface area (TPSA) is 116 Å². The van der Waals surface area contributed by atoms with Gasteiger partial charge in [-0.15, -0.1) is 0 Å². The Bertz CT molecular complexity index is 902. The van der Waals surface area contributed by atoms with Crippen LogP contribution in [0, 0.1) is 0 Å².